The molecule has 1 aliphatic rings. The molecule has 108 valence electrons. The van der Waals surface area contributed by atoms with Crippen LogP contribution < -0.4 is 10.2 Å². The smallest absolute Gasteiger partial charge is 0.337 e. The monoisotopic (exact) mass is 276 g/mol. The molecule has 2 rings (SSSR count). The number of esters is 1. The first-order valence-electron chi connectivity index (χ1n) is 6.79. The van der Waals surface area contributed by atoms with Crippen LogP contribution in [0, 0.1) is 5.92 Å². The van der Waals surface area contributed by atoms with Gasteiger partial charge in [-0.15, -0.1) is 0 Å². The van der Waals surface area contributed by atoms with Crippen molar-refractivity contribution in [3.05, 3.63) is 23.8 Å². The van der Waals surface area contributed by atoms with Gasteiger partial charge < -0.3 is 15.0 Å². The highest BCUT2D eigenvalue weighted by Gasteiger charge is 2.34. The molecule has 0 bridgehead atoms. The maximum Gasteiger partial charge on any atom is 0.337 e. The van der Waals surface area contributed by atoms with Gasteiger partial charge in [0.1, 0.15) is 6.04 Å². The van der Waals surface area contributed by atoms with E-state index in [9.17, 15) is 9.59 Å². The quantitative estimate of drug-likeness (QED) is 0.860. The van der Waals surface area contributed by atoms with Crippen LogP contribution in [0.4, 0.5) is 11.4 Å². The van der Waals surface area contributed by atoms with Gasteiger partial charge >= 0.3 is 5.97 Å². The highest BCUT2D eigenvalue weighted by Crippen LogP contribution is 2.34. The van der Waals surface area contributed by atoms with Crippen molar-refractivity contribution in [2.24, 2.45) is 5.92 Å². The van der Waals surface area contributed by atoms with Crippen molar-refractivity contribution in [2.45, 2.75) is 26.8 Å². The lowest BCUT2D eigenvalue weighted by Gasteiger charge is -2.39. The number of hydrogen-bond acceptors (Lipinski definition) is 4. The first-order chi connectivity index (χ1) is 9.49. The lowest BCUT2D eigenvalue weighted by Crippen LogP contribution is -2.51. The molecular formula is C15H20N2O3. The molecule has 0 aromatic heterocycles. The van der Waals surface area contributed by atoms with Gasteiger partial charge in [0.25, 0.3) is 0 Å². The average Bonchev–Trinajstić information content (AvgIpc) is 2.43. The second kappa shape index (κ2) is 5.53. The van der Waals surface area contributed by atoms with Gasteiger partial charge in [-0.25, -0.2) is 4.79 Å². The Hall–Kier alpha value is -2.04. The molecule has 5 heteroatoms. The molecule has 1 aromatic rings. The van der Waals surface area contributed by atoms with Crippen molar-refractivity contribution in [3.63, 3.8) is 0 Å². The minimum absolute atomic E-state index is 0.0311. The van der Waals surface area contributed by atoms with E-state index >= 15 is 0 Å². The number of nitrogens with one attached hydrogen (secondary N) is 1. The van der Waals surface area contributed by atoms with Crippen molar-refractivity contribution < 1.29 is 14.3 Å². The number of carbonyl (C=O) groups excluding carboxylic acids is 2. The summed E-state index contributed by atoms with van der Waals surface area (Å²) in [6.45, 7) is 6.81. The van der Waals surface area contributed by atoms with Gasteiger partial charge in [-0.05, 0) is 31.0 Å². The molecule has 1 aromatic carbocycles. The molecule has 0 saturated heterocycles. The van der Waals surface area contributed by atoms with Gasteiger partial charge in [-0.1, -0.05) is 13.8 Å². The zero-order chi connectivity index (χ0) is 14.9. The van der Waals surface area contributed by atoms with Crippen LogP contribution in [-0.4, -0.2) is 31.6 Å². The summed E-state index contributed by atoms with van der Waals surface area (Å²) >= 11 is 0. The van der Waals surface area contributed by atoms with Crippen molar-refractivity contribution in [1.29, 1.82) is 0 Å². The third-order valence-corrected chi connectivity index (χ3v) is 3.56. The van der Waals surface area contributed by atoms with Gasteiger partial charge in [0.2, 0.25) is 5.91 Å². The van der Waals surface area contributed by atoms with Gasteiger partial charge in [0.05, 0.1) is 24.0 Å². The molecule has 0 aliphatic carbocycles. The van der Waals surface area contributed by atoms with Gasteiger partial charge in [0.15, 0.2) is 0 Å². The van der Waals surface area contributed by atoms with Crippen molar-refractivity contribution in [2.75, 3.05) is 23.9 Å². The number of hydrogen-bond donors (Lipinski definition) is 1. The maximum atomic E-state index is 12.2. The van der Waals surface area contributed by atoms with Crippen LogP contribution in [0.25, 0.3) is 0 Å². The van der Waals surface area contributed by atoms with Gasteiger partial charge in [-0.2, -0.15) is 0 Å². The third kappa shape index (κ3) is 2.35. The van der Waals surface area contributed by atoms with E-state index < -0.39 is 5.97 Å². The first-order valence-corrected chi connectivity index (χ1v) is 6.79. The summed E-state index contributed by atoms with van der Waals surface area (Å²) in [6, 6.07) is 5.07. The summed E-state index contributed by atoms with van der Waals surface area (Å²) in [4.78, 5) is 25.9. The standard InChI is InChI=1S/C15H20N2O3/c1-5-17-12-7-6-10(15(19)20-4)8-11(12)16-14(18)13(17)9(2)3/h6-9,13H,5H2,1-4H3,(H,16,18)/t13-/m0/s1. The number of methoxy groups -OCH3 is 1. The molecule has 0 saturated carbocycles. The SMILES string of the molecule is CCN1c2ccc(C(=O)OC)cc2NC(=O)[C@@H]1C(C)C. The Kier molecular flexibility index (Phi) is 3.97. The Bertz CT molecular complexity index is 540. The van der Waals surface area contributed by atoms with E-state index in [4.69, 9.17) is 4.74 Å². The second-order valence-corrected chi connectivity index (χ2v) is 5.19. The molecule has 20 heavy (non-hydrogen) atoms. The summed E-state index contributed by atoms with van der Waals surface area (Å²) in [7, 11) is 1.34. The number of nitrogens with zero attached hydrogens (tertiary/aromatic N) is 1. The Morgan fingerprint density at radius 1 is 1.45 bits per heavy atom. The third-order valence-electron chi connectivity index (χ3n) is 3.56. The Morgan fingerprint density at radius 2 is 2.15 bits per heavy atom. The molecule has 1 heterocycles. The van der Waals surface area contributed by atoms with E-state index in [0.717, 1.165) is 12.2 Å². The fourth-order valence-corrected chi connectivity index (χ4v) is 2.66. The summed E-state index contributed by atoms with van der Waals surface area (Å²) < 4.78 is 4.70. The lowest BCUT2D eigenvalue weighted by atomic mass is 9.97. The Balaban J connectivity index is 2.45. The molecule has 0 fully saturated rings. The number of amides is 1. The predicted octanol–water partition coefficient (Wildman–Crippen LogP) is 2.28. The number of anilines is 2. The fourth-order valence-electron chi connectivity index (χ4n) is 2.66. The van der Waals surface area contributed by atoms with Crippen LogP contribution in [0.1, 0.15) is 31.1 Å². The molecule has 0 unspecified atom stereocenters. The summed E-state index contributed by atoms with van der Waals surface area (Å²) in [5.41, 5.74) is 2.04. The molecule has 0 spiro atoms. The maximum absolute atomic E-state index is 12.2. The van der Waals surface area contributed by atoms with Crippen LogP contribution in [-0.2, 0) is 9.53 Å². The highest BCUT2D eigenvalue weighted by atomic mass is 16.5. The van der Waals surface area contributed by atoms with Crippen molar-refractivity contribution in [3.8, 4) is 0 Å². The van der Waals surface area contributed by atoms with E-state index in [1.54, 1.807) is 12.1 Å². The van der Waals surface area contributed by atoms with Crippen LogP contribution >= 0.6 is 0 Å². The number of benzene rings is 1. The highest BCUT2D eigenvalue weighted by molar-refractivity contribution is 6.05. The molecular weight excluding hydrogens is 256 g/mol. The van der Waals surface area contributed by atoms with Crippen LogP contribution in [0.15, 0.2) is 18.2 Å². The van der Waals surface area contributed by atoms with E-state index in [2.05, 4.69) is 10.2 Å². The zero-order valence-corrected chi connectivity index (χ0v) is 12.3. The Morgan fingerprint density at radius 3 is 2.70 bits per heavy atom. The fraction of sp³-hybridized carbons (Fsp3) is 0.467. The molecule has 1 amide bonds. The van der Waals surface area contributed by atoms with E-state index in [1.165, 1.54) is 7.11 Å². The number of ether oxygens (including phenoxy) is 1. The summed E-state index contributed by atoms with van der Waals surface area (Å²) in [5.74, 6) is -0.226. The summed E-state index contributed by atoms with van der Waals surface area (Å²) in [5, 5.41) is 2.89. The normalized spacial score (nSPS) is 17.8. The Labute approximate surface area is 118 Å². The van der Waals surface area contributed by atoms with E-state index in [-0.39, 0.29) is 17.9 Å². The second-order valence-electron chi connectivity index (χ2n) is 5.19. The van der Waals surface area contributed by atoms with Crippen LogP contribution in [0.3, 0.4) is 0 Å². The molecule has 1 N–H and O–H groups in total. The lowest BCUT2D eigenvalue weighted by molar-refractivity contribution is -0.118. The predicted molar refractivity (Wildman–Crippen MR) is 78.1 cm³/mol. The largest absolute Gasteiger partial charge is 0.465 e. The summed E-state index contributed by atoms with van der Waals surface area (Å²) in [6.07, 6.45) is 0. The van der Waals surface area contributed by atoms with Crippen LogP contribution in [0.2, 0.25) is 0 Å². The number of carbonyl (C=O) groups is 2. The number of fused-ring (bicyclic) bond motifs is 1. The zero-order valence-electron chi connectivity index (χ0n) is 12.3. The van der Waals surface area contributed by atoms with Gasteiger partial charge in [0, 0.05) is 6.54 Å². The van der Waals surface area contributed by atoms with Crippen LogP contribution in [0.5, 0.6) is 0 Å². The topological polar surface area (TPSA) is 58.6 Å². The average molecular weight is 276 g/mol. The number of rotatable bonds is 3. The minimum atomic E-state index is -0.406. The minimum Gasteiger partial charge on any atom is -0.465 e. The first kappa shape index (κ1) is 14.4. The van der Waals surface area contributed by atoms with Gasteiger partial charge in [-0.3, -0.25) is 4.79 Å². The van der Waals surface area contributed by atoms with E-state index in [1.807, 2.05) is 26.8 Å². The molecule has 1 aliphatic heterocycles. The molecule has 5 nitrogen and oxygen atoms in total. The number of likely N-dealkylation sites (N-methyl/N-ethyl adjacent to an activating group) is 1. The molecule has 1 atom stereocenters. The van der Waals surface area contributed by atoms with Crippen molar-refractivity contribution in [1.82, 2.24) is 0 Å². The molecule has 0 radical (unpaired) electrons. The van der Waals surface area contributed by atoms with Crippen molar-refractivity contribution >= 4 is 23.3 Å². The van der Waals surface area contributed by atoms with E-state index in [0.29, 0.717) is 11.3 Å².